The van der Waals surface area contributed by atoms with Crippen molar-refractivity contribution in [1.82, 2.24) is 15.3 Å². The molecule has 0 aliphatic carbocycles. The van der Waals surface area contributed by atoms with Crippen LogP contribution >= 0.6 is 0 Å². The highest BCUT2D eigenvalue weighted by molar-refractivity contribution is 5.79. The van der Waals surface area contributed by atoms with E-state index < -0.39 is 17.7 Å². The van der Waals surface area contributed by atoms with Gasteiger partial charge in [0.2, 0.25) is 5.91 Å². The lowest BCUT2D eigenvalue weighted by atomic mass is 9.96. The molecule has 0 radical (unpaired) electrons. The third-order valence-electron chi connectivity index (χ3n) is 4.72. The number of hydrogen-bond donors (Lipinski definition) is 2. The highest BCUT2D eigenvalue weighted by atomic mass is 19.1. The Kier molecular flexibility index (Phi) is 6.28. The molecule has 1 fully saturated rings. The van der Waals surface area contributed by atoms with Crippen LogP contribution in [0, 0.1) is 17.6 Å². The van der Waals surface area contributed by atoms with Gasteiger partial charge in [-0.1, -0.05) is 6.07 Å². The van der Waals surface area contributed by atoms with Crippen LogP contribution in [-0.2, 0) is 11.2 Å². The van der Waals surface area contributed by atoms with E-state index in [1.807, 2.05) is 0 Å². The fourth-order valence-electron chi connectivity index (χ4n) is 3.20. The number of carbonyl (C=O) groups excluding carboxylic acids is 1. The molecule has 8 heteroatoms. The lowest BCUT2D eigenvalue weighted by Gasteiger charge is -2.32. The number of benzene rings is 1. The Labute approximate surface area is 156 Å². The van der Waals surface area contributed by atoms with Crippen LogP contribution in [0.4, 0.5) is 14.6 Å². The molecule has 1 aliphatic heterocycles. The molecule has 2 aromatic rings. The van der Waals surface area contributed by atoms with Crippen molar-refractivity contribution in [1.29, 1.82) is 0 Å². The molecule has 144 valence electrons. The van der Waals surface area contributed by atoms with E-state index in [2.05, 4.69) is 20.2 Å². The highest BCUT2D eigenvalue weighted by Gasteiger charge is 2.26. The van der Waals surface area contributed by atoms with E-state index in [0.717, 1.165) is 18.0 Å². The van der Waals surface area contributed by atoms with Gasteiger partial charge in [-0.25, -0.2) is 13.8 Å². The third kappa shape index (κ3) is 5.19. The maximum absolute atomic E-state index is 13.6. The number of piperidine rings is 1. The predicted molar refractivity (Wildman–Crippen MR) is 96.0 cm³/mol. The summed E-state index contributed by atoms with van der Waals surface area (Å²) in [6.07, 6.45) is 5.40. The molecule has 6 nitrogen and oxygen atoms in total. The van der Waals surface area contributed by atoms with Crippen LogP contribution in [-0.4, -0.2) is 46.7 Å². The zero-order chi connectivity index (χ0) is 19.2. The molecule has 2 N–H and O–H groups in total. The molecule has 0 bridgehead atoms. The fourth-order valence-corrected chi connectivity index (χ4v) is 3.20. The maximum Gasteiger partial charge on any atom is 0.223 e. The van der Waals surface area contributed by atoms with Crippen LogP contribution in [0.1, 0.15) is 18.4 Å². The molecule has 1 atom stereocenters. The second kappa shape index (κ2) is 8.85. The van der Waals surface area contributed by atoms with Crippen molar-refractivity contribution in [3.8, 4) is 0 Å². The first-order valence-electron chi connectivity index (χ1n) is 8.93. The molecule has 0 saturated carbocycles. The average molecular weight is 376 g/mol. The lowest BCUT2D eigenvalue weighted by molar-refractivity contribution is -0.126. The number of hydrogen-bond acceptors (Lipinski definition) is 5. The van der Waals surface area contributed by atoms with Crippen molar-refractivity contribution in [2.75, 3.05) is 24.5 Å². The molecule has 0 spiro atoms. The molecular formula is C19H22F2N4O2. The van der Waals surface area contributed by atoms with Gasteiger partial charge in [-0.3, -0.25) is 9.78 Å². The summed E-state index contributed by atoms with van der Waals surface area (Å²) < 4.78 is 26.5. The normalized spacial score (nSPS) is 16.2. The Bertz CT molecular complexity index is 768. The molecule has 0 unspecified atom stereocenters. The summed E-state index contributed by atoms with van der Waals surface area (Å²) >= 11 is 0. The number of rotatable bonds is 6. The monoisotopic (exact) mass is 376 g/mol. The largest absolute Gasteiger partial charge is 0.391 e. The molecule has 1 aromatic carbocycles. The number of amides is 1. The number of nitrogens with one attached hydrogen (secondary N) is 1. The Morgan fingerprint density at radius 2 is 2.07 bits per heavy atom. The first kappa shape index (κ1) is 19.2. The van der Waals surface area contributed by atoms with Crippen molar-refractivity contribution in [3.05, 3.63) is 54.0 Å². The zero-order valence-corrected chi connectivity index (χ0v) is 14.8. The van der Waals surface area contributed by atoms with Crippen LogP contribution in [0.3, 0.4) is 0 Å². The van der Waals surface area contributed by atoms with E-state index in [0.29, 0.717) is 25.9 Å². The third-order valence-corrected chi connectivity index (χ3v) is 4.72. The Hall–Kier alpha value is -2.61. The number of carbonyl (C=O) groups is 1. The summed E-state index contributed by atoms with van der Waals surface area (Å²) in [7, 11) is 0. The van der Waals surface area contributed by atoms with Gasteiger partial charge in [0.25, 0.3) is 0 Å². The van der Waals surface area contributed by atoms with E-state index >= 15 is 0 Å². The molecule has 2 heterocycles. The van der Waals surface area contributed by atoms with Gasteiger partial charge in [-0.05, 0) is 24.5 Å². The highest BCUT2D eigenvalue weighted by Crippen LogP contribution is 2.21. The number of aromatic nitrogens is 2. The topological polar surface area (TPSA) is 78.4 Å². The van der Waals surface area contributed by atoms with E-state index in [1.165, 1.54) is 6.07 Å². The second-order valence-electron chi connectivity index (χ2n) is 6.66. The average Bonchev–Trinajstić information content (AvgIpc) is 2.69. The SMILES string of the molecule is O=C(NC[C@H](O)Cc1ccc(F)cc1F)C1CCN(c2cnccn2)CC1. The van der Waals surface area contributed by atoms with Gasteiger partial charge in [-0.2, -0.15) is 0 Å². The molecule has 1 aliphatic rings. The van der Waals surface area contributed by atoms with Crippen LogP contribution in [0.5, 0.6) is 0 Å². The van der Waals surface area contributed by atoms with Crippen molar-refractivity contribution < 1.29 is 18.7 Å². The molecule has 27 heavy (non-hydrogen) atoms. The van der Waals surface area contributed by atoms with Gasteiger partial charge < -0.3 is 15.3 Å². The van der Waals surface area contributed by atoms with Crippen LogP contribution in [0.25, 0.3) is 0 Å². The van der Waals surface area contributed by atoms with Gasteiger partial charge in [0.15, 0.2) is 0 Å². The molecule has 1 aromatic heterocycles. The quantitative estimate of drug-likeness (QED) is 0.802. The number of anilines is 1. The minimum Gasteiger partial charge on any atom is -0.391 e. The minimum atomic E-state index is -0.936. The van der Waals surface area contributed by atoms with Crippen LogP contribution in [0.2, 0.25) is 0 Å². The van der Waals surface area contributed by atoms with Gasteiger partial charge in [0, 0.05) is 50.4 Å². The molecule has 3 rings (SSSR count). The maximum atomic E-state index is 13.6. The summed E-state index contributed by atoms with van der Waals surface area (Å²) in [6, 6.07) is 3.23. The minimum absolute atomic E-state index is 0.0114. The van der Waals surface area contributed by atoms with Crippen molar-refractivity contribution in [2.45, 2.75) is 25.4 Å². The van der Waals surface area contributed by atoms with Crippen molar-refractivity contribution >= 4 is 11.7 Å². The van der Waals surface area contributed by atoms with Crippen molar-refractivity contribution in [3.63, 3.8) is 0 Å². The van der Waals surface area contributed by atoms with Gasteiger partial charge in [-0.15, -0.1) is 0 Å². The standard InChI is InChI=1S/C19H22F2N4O2/c20-15-2-1-14(17(21)10-15)9-16(26)11-24-19(27)13-3-7-25(8-4-13)18-12-22-5-6-23-18/h1-2,5-6,10,12-13,16,26H,3-4,7-9,11H2,(H,24,27)/t16-/m1/s1. The van der Waals surface area contributed by atoms with Gasteiger partial charge >= 0.3 is 0 Å². The molecule has 1 amide bonds. The smallest absolute Gasteiger partial charge is 0.223 e. The van der Waals surface area contributed by atoms with E-state index in [-0.39, 0.29) is 30.4 Å². The lowest BCUT2D eigenvalue weighted by Crippen LogP contribution is -2.43. The zero-order valence-electron chi connectivity index (χ0n) is 14.8. The first-order chi connectivity index (χ1) is 13.0. The van der Waals surface area contributed by atoms with Gasteiger partial charge in [0.05, 0.1) is 12.3 Å². The number of halogens is 2. The molecule has 1 saturated heterocycles. The summed E-state index contributed by atoms with van der Waals surface area (Å²) in [5.41, 5.74) is 0.218. The van der Waals surface area contributed by atoms with E-state index in [4.69, 9.17) is 0 Å². The first-order valence-corrected chi connectivity index (χ1v) is 8.93. The summed E-state index contributed by atoms with van der Waals surface area (Å²) in [5, 5.41) is 12.8. The summed E-state index contributed by atoms with van der Waals surface area (Å²) in [6.45, 7) is 1.44. The number of aliphatic hydroxyl groups excluding tert-OH is 1. The van der Waals surface area contributed by atoms with Crippen LogP contribution < -0.4 is 10.2 Å². The number of nitrogens with zero attached hydrogens (tertiary/aromatic N) is 3. The number of aliphatic hydroxyl groups is 1. The van der Waals surface area contributed by atoms with E-state index in [1.54, 1.807) is 18.6 Å². The molecular weight excluding hydrogens is 354 g/mol. The Morgan fingerprint density at radius 1 is 1.30 bits per heavy atom. The second-order valence-corrected chi connectivity index (χ2v) is 6.66. The Balaban J connectivity index is 1.43. The van der Waals surface area contributed by atoms with Gasteiger partial charge in [0.1, 0.15) is 17.5 Å². The van der Waals surface area contributed by atoms with Crippen molar-refractivity contribution in [2.24, 2.45) is 5.92 Å². The summed E-state index contributed by atoms with van der Waals surface area (Å²) in [4.78, 5) is 22.7. The fraction of sp³-hybridized carbons (Fsp3) is 0.421. The predicted octanol–water partition coefficient (Wildman–Crippen LogP) is 1.69. The van der Waals surface area contributed by atoms with Crippen LogP contribution in [0.15, 0.2) is 36.8 Å². The van der Waals surface area contributed by atoms with E-state index in [9.17, 15) is 18.7 Å². The Morgan fingerprint density at radius 3 is 2.74 bits per heavy atom. The summed E-state index contributed by atoms with van der Waals surface area (Å²) in [5.74, 6) is -0.808.